The molecule has 1 N–H and O–H groups in total. The Morgan fingerprint density at radius 2 is 1.50 bits per heavy atom. The molecule has 0 amide bonds. The summed E-state index contributed by atoms with van der Waals surface area (Å²) in [5, 5.41) is 0. The van der Waals surface area contributed by atoms with Crippen LogP contribution in [0, 0.1) is 29.6 Å². The van der Waals surface area contributed by atoms with Crippen LogP contribution in [0.15, 0.2) is 35.2 Å². The van der Waals surface area contributed by atoms with Crippen LogP contribution in [0.1, 0.15) is 39.0 Å². The molecule has 0 radical (unpaired) electrons. The third-order valence-corrected chi connectivity index (χ3v) is 7.85. The predicted octanol–water partition coefficient (Wildman–Crippen LogP) is 3.43. The van der Waals surface area contributed by atoms with E-state index in [4.69, 9.17) is 0 Å². The van der Waals surface area contributed by atoms with Gasteiger partial charge in [0.25, 0.3) is 0 Å². The SMILES string of the molecule is C[C@@H](NS(=O)(=O)c1ccccc1)C1C2CC3CC(C2)CC1C3. The lowest BCUT2D eigenvalue weighted by atomic mass is 9.51. The fourth-order valence-electron chi connectivity index (χ4n) is 5.77. The van der Waals surface area contributed by atoms with E-state index in [1.807, 2.05) is 6.07 Å². The van der Waals surface area contributed by atoms with E-state index >= 15 is 0 Å². The Hall–Kier alpha value is -0.870. The zero-order chi connectivity index (χ0) is 15.3. The Labute approximate surface area is 133 Å². The quantitative estimate of drug-likeness (QED) is 0.924. The Balaban J connectivity index is 1.52. The molecule has 4 aliphatic rings. The van der Waals surface area contributed by atoms with Crippen LogP contribution in [0.3, 0.4) is 0 Å². The molecule has 0 heterocycles. The minimum absolute atomic E-state index is 0.0419. The van der Waals surface area contributed by atoms with E-state index < -0.39 is 10.0 Å². The molecule has 1 aromatic rings. The summed E-state index contributed by atoms with van der Waals surface area (Å²) in [7, 11) is -3.39. The molecule has 1 atom stereocenters. The first-order valence-corrected chi connectivity index (χ1v) is 10.1. The maximum absolute atomic E-state index is 12.6. The average Bonchev–Trinajstić information content (AvgIpc) is 2.46. The predicted molar refractivity (Wildman–Crippen MR) is 86.8 cm³/mol. The number of hydrogen-bond acceptors (Lipinski definition) is 2. The second-order valence-electron chi connectivity index (χ2n) is 7.73. The highest BCUT2D eigenvalue weighted by Crippen LogP contribution is 2.57. The standard InChI is InChI=1S/C18H25NO2S/c1-12(19-22(20,21)17-5-3-2-4-6-17)18-15-8-13-7-14(10-15)11-16(18)9-13/h2-6,12-16,18-19H,7-11H2,1H3/t12-,13?,14?,15?,16?,18?/m1/s1. The van der Waals surface area contributed by atoms with E-state index in [0.717, 1.165) is 23.7 Å². The van der Waals surface area contributed by atoms with Crippen LogP contribution in [0.25, 0.3) is 0 Å². The third-order valence-electron chi connectivity index (χ3n) is 6.27. The normalized spacial score (nSPS) is 38.1. The molecule has 120 valence electrons. The van der Waals surface area contributed by atoms with E-state index in [-0.39, 0.29) is 6.04 Å². The summed E-state index contributed by atoms with van der Waals surface area (Å²) in [5.74, 6) is 3.87. The van der Waals surface area contributed by atoms with E-state index in [1.165, 1.54) is 32.1 Å². The van der Waals surface area contributed by atoms with Gasteiger partial charge < -0.3 is 0 Å². The van der Waals surface area contributed by atoms with Gasteiger partial charge in [0.2, 0.25) is 10.0 Å². The highest BCUT2D eigenvalue weighted by atomic mass is 32.2. The fourth-order valence-corrected chi connectivity index (χ4v) is 7.07. The first-order chi connectivity index (χ1) is 10.5. The molecule has 4 fully saturated rings. The Morgan fingerprint density at radius 3 is 2.05 bits per heavy atom. The molecule has 4 aliphatic carbocycles. The smallest absolute Gasteiger partial charge is 0.208 e. The van der Waals surface area contributed by atoms with Crippen molar-refractivity contribution in [2.45, 2.75) is 50.0 Å². The Kier molecular flexibility index (Phi) is 3.57. The zero-order valence-electron chi connectivity index (χ0n) is 13.1. The van der Waals surface area contributed by atoms with Gasteiger partial charge in [-0.3, -0.25) is 0 Å². The molecule has 0 spiro atoms. The molecule has 5 rings (SSSR count). The first kappa shape index (κ1) is 14.7. The Morgan fingerprint density at radius 1 is 0.955 bits per heavy atom. The molecular weight excluding hydrogens is 294 g/mol. The average molecular weight is 319 g/mol. The highest BCUT2D eigenvalue weighted by Gasteiger charge is 2.50. The minimum Gasteiger partial charge on any atom is -0.208 e. The van der Waals surface area contributed by atoms with E-state index in [2.05, 4.69) is 11.6 Å². The summed E-state index contributed by atoms with van der Waals surface area (Å²) in [6.07, 6.45) is 6.75. The number of benzene rings is 1. The monoisotopic (exact) mass is 319 g/mol. The molecule has 0 saturated heterocycles. The number of sulfonamides is 1. The minimum atomic E-state index is -3.39. The summed E-state index contributed by atoms with van der Waals surface area (Å²) >= 11 is 0. The van der Waals surface area contributed by atoms with Gasteiger partial charge in [-0.1, -0.05) is 18.2 Å². The van der Waals surface area contributed by atoms with Gasteiger partial charge in [-0.2, -0.15) is 0 Å². The van der Waals surface area contributed by atoms with Gasteiger partial charge in [0.1, 0.15) is 0 Å². The van der Waals surface area contributed by atoms with Gasteiger partial charge in [0, 0.05) is 6.04 Å². The van der Waals surface area contributed by atoms with Crippen molar-refractivity contribution in [3.05, 3.63) is 30.3 Å². The van der Waals surface area contributed by atoms with E-state index in [0.29, 0.717) is 10.8 Å². The second-order valence-corrected chi connectivity index (χ2v) is 9.45. The van der Waals surface area contributed by atoms with Gasteiger partial charge in [-0.25, -0.2) is 13.1 Å². The first-order valence-electron chi connectivity index (χ1n) is 8.60. The van der Waals surface area contributed by atoms with Gasteiger partial charge in [0.15, 0.2) is 0 Å². The molecule has 1 aromatic carbocycles. The van der Waals surface area contributed by atoms with Crippen molar-refractivity contribution in [2.75, 3.05) is 0 Å². The van der Waals surface area contributed by atoms with Crippen molar-refractivity contribution in [2.24, 2.45) is 29.6 Å². The molecule has 4 saturated carbocycles. The lowest BCUT2D eigenvalue weighted by Gasteiger charge is -2.56. The summed E-state index contributed by atoms with van der Waals surface area (Å²) in [6, 6.07) is 8.79. The fraction of sp³-hybridized carbons (Fsp3) is 0.667. The van der Waals surface area contributed by atoms with Crippen LogP contribution in [0.2, 0.25) is 0 Å². The van der Waals surface area contributed by atoms with Gasteiger partial charge in [-0.05, 0) is 80.8 Å². The van der Waals surface area contributed by atoms with Gasteiger partial charge in [-0.15, -0.1) is 0 Å². The summed E-state index contributed by atoms with van der Waals surface area (Å²) in [4.78, 5) is 0.380. The molecule has 22 heavy (non-hydrogen) atoms. The van der Waals surface area contributed by atoms with Gasteiger partial charge >= 0.3 is 0 Å². The van der Waals surface area contributed by atoms with Crippen molar-refractivity contribution >= 4 is 10.0 Å². The number of rotatable bonds is 4. The Bertz CT molecular complexity index is 612. The maximum atomic E-state index is 12.6. The summed E-state index contributed by atoms with van der Waals surface area (Å²) < 4.78 is 28.1. The molecule has 3 nitrogen and oxygen atoms in total. The van der Waals surface area contributed by atoms with Crippen molar-refractivity contribution in [1.82, 2.24) is 4.72 Å². The number of nitrogens with one attached hydrogen (secondary N) is 1. The third kappa shape index (κ3) is 2.50. The molecule has 4 heteroatoms. The summed E-state index contributed by atoms with van der Waals surface area (Å²) in [5.41, 5.74) is 0. The van der Waals surface area contributed by atoms with Crippen molar-refractivity contribution < 1.29 is 8.42 Å². The highest BCUT2D eigenvalue weighted by molar-refractivity contribution is 7.89. The van der Waals surface area contributed by atoms with Crippen LogP contribution >= 0.6 is 0 Å². The molecule has 0 unspecified atom stereocenters. The largest absolute Gasteiger partial charge is 0.240 e. The molecule has 0 aliphatic heterocycles. The molecular formula is C18H25NO2S. The van der Waals surface area contributed by atoms with Gasteiger partial charge in [0.05, 0.1) is 4.90 Å². The van der Waals surface area contributed by atoms with Crippen molar-refractivity contribution in [3.8, 4) is 0 Å². The lowest BCUT2D eigenvalue weighted by molar-refractivity contribution is -0.0463. The molecule has 0 aromatic heterocycles. The van der Waals surface area contributed by atoms with E-state index in [9.17, 15) is 8.42 Å². The van der Waals surface area contributed by atoms with Crippen LogP contribution in [-0.4, -0.2) is 14.5 Å². The molecule has 4 bridgehead atoms. The van der Waals surface area contributed by atoms with Crippen LogP contribution in [-0.2, 0) is 10.0 Å². The zero-order valence-corrected chi connectivity index (χ0v) is 13.9. The van der Waals surface area contributed by atoms with Crippen LogP contribution in [0.4, 0.5) is 0 Å². The van der Waals surface area contributed by atoms with E-state index in [1.54, 1.807) is 24.3 Å². The van der Waals surface area contributed by atoms with Crippen molar-refractivity contribution in [3.63, 3.8) is 0 Å². The topological polar surface area (TPSA) is 46.2 Å². The summed E-state index contributed by atoms with van der Waals surface area (Å²) in [6.45, 7) is 2.08. The van der Waals surface area contributed by atoms with Crippen molar-refractivity contribution in [1.29, 1.82) is 0 Å². The lowest BCUT2D eigenvalue weighted by Crippen LogP contribution is -2.52. The maximum Gasteiger partial charge on any atom is 0.240 e. The second kappa shape index (κ2) is 5.34. The van der Waals surface area contributed by atoms with Crippen LogP contribution < -0.4 is 4.72 Å². The number of hydrogen-bond donors (Lipinski definition) is 1. The van der Waals surface area contributed by atoms with Crippen LogP contribution in [0.5, 0.6) is 0 Å².